The van der Waals surface area contributed by atoms with Gasteiger partial charge in [0.2, 0.25) is 0 Å². The lowest BCUT2D eigenvalue weighted by Gasteiger charge is -2.36. The SMILES string of the molecule is CC(C=O)CCCC1(C)OCC2(CCC1OCc1ccccc1)OCCO2. The predicted octanol–water partition coefficient (Wildman–Crippen LogP) is 3.89. The molecule has 0 radical (unpaired) electrons. The maximum absolute atomic E-state index is 10.9. The number of carbonyl (C=O) groups excluding carboxylic acids is 1. The first-order valence-corrected chi connectivity index (χ1v) is 10.1. The Hall–Kier alpha value is -1.27. The topological polar surface area (TPSA) is 54.0 Å². The van der Waals surface area contributed by atoms with Crippen LogP contribution in [0.2, 0.25) is 0 Å². The van der Waals surface area contributed by atoms with Crippen molar-refractivity contribution in [1.82, 2.24) is 0 Å². The zero-order chi connectivity index (χ0) is 19.2. The highest BCUT2D eigenvalue weighted by atomic mass is 16.8. The van der Waals surface area contributed by atoms with Crippen LogP contribution in [0.4, 0.5) is 0 Å². The zero-order valence-corrected chi connectivity index (χ0v) is 16.5. The van der Waals surface area contributed by atoms with E-state index in [1.165, 1.54) is 0 Å². The number of rotatable bonds is 8. The second-order valence-corrected chi connectivity index (χ2v) is 8.04. The zero-order valence-electron chi connectivity index (χ0n) is 16.5. The van der Waals surface area contributed by atoms with Crippen LogP contribution < -0.4 is 0 Å². The van der Waals surface area contributed by atoms with Gasteiger partial charge in [-0.2, -0.15) is 0 Å². The summed E-state index contributed by atoms with van der Waals surface area (Å²) < 4.78 is 24.5. The van der Waals surface area contributed by atoms with E-state index in [4.69, 9.17) is 18.9 Å². The van der Waals surface area contributed by atoms with Gasteiger partial charge < -0.3 is 23.7 Å². The molecule has 3 atom stereocenters. The third-order valence-electron chi connectivity index (χ3n) is 5.76. The summed E-state index contributed by atoms with van der Waals surface area (Å²) in [5.41, 5.74) is 0.734. The fourth-order valence-corrected chi connectivity index (χ4v) is 3.93. The summed E-state index contributed by atoms with van der Waals surface area (Å²) >= 11 is 0. The molecule has 2 aliphatic rings. The highest BCUT2D eigenvalue weighted by Gasteiger charge is 2.47. The molecule has 0 aliphatic carbocycles. The molecule has 5 nitrogen and oxygen atoms in total. The largest absolute Gasteiger partial charge is 0.371 e. The van der Waals surface area contributed by atoms with E-state index >= 15 is 0 Å². The summed E-state index contributed by atoms with van der Waals surface area (Å²) in [7, 11) is 0. The van der Waals surface area contributed by atoms with Crippen LogP contribution >= 0.6 is 0 Å². The van der Waals surface area contributed by atoms with Gasteiger partial charge in [0, 0.05) is 12.3 Å². The third-order valence-corrected chi connectivity index (χ3v) is 5.76. The predicted molar refractivity (Wildman–Crippen MR) is 102 cm³/mol. The molecule has 2 aliphatic heterocycles. The van der Waals surface area contributed by atoms with Crippen molar-refractivity contribution >= 4 is 6.29 Å². The van der Waals surface area contributed by atoms with Crippen LogP contribution in [0.15, 0.2) is 30.3 Å². The molecule has 2 saturated heterocycles. The standard InChI is InChI=1S/C22H32O5/c1-18(15-23)7-6-11-21(2)20(24-16-19-8-4-3-5-9-19)10-12-22(17-27-21)25-13-14-26-22/h3-5,8-9,15,18,20H,6-7,10-14,16-17H2,1-2H3. The van der Waals surface area contributed by atoms with Crippen LogP contribution in [-0.4, -0.2) is 43.6 Å². The van der Waals surface area contributed by atoms with Crippen molar-refractivity contribution in [2.45, 2.75) is 70.1 Å². The molecule has 1 spiro atoms. The van der Waals surface area contributed by atoms with Crippen molar-refractivity contribution in [3.05, 3.63) is 35.9 Å². The minimum Gasteiger partial charge on any atom is -0.371 e. The fraction of sp³-hybridized carbons (Fsp3) is 0.682. The molecule has 2 fully saturated rings. The maximum atomic E-state index is 10.9. The molecule has 150 valence electrons. The lowest BCUT2D eigenvalue weighted by Crippen LogP contribution is -2.44. The summed E-state index contributed by atoms with van der Waals surface area (Å²) in [4.78, 5) is 10.9. The van der Waals surface area contributed by atoms with Gasteiger partial charge >= 0.3 is 0 Å². The van der Waals surface area contributed by atoms with Crippen molar-refractivity contribution in [1.29, 1.82) is 0 Å². The Morgan fingerprint density at radius 3 is 2.67 bits per heavy atom. The van der Waals surface area contributed by atoms with Crippen molar-refractivity contribution in [3.63, 3.8) is 0 Å². The lowest BCUT2D eigenvalue weighted by molar-refractivity contribution is -0.215. The van der Waals surface area contributed by atoms with Crippen LogP contribution in [0.5, 0.6) is 0 Å². The van der Waals surface area contributed by atoms with Gasteiger partial charge in [-0.15, -0.1) is 0 Å². The average molecular weight is 376 g/mol. The number of ether oxygens (including phenoxy) is 4. The van der Waals surface area contributed by atoms with Gasteiger partial charge in [-0.3, -0.25) is 0 Å². The molecule has 0 aromatic heterocycles. The van der Waals surface area contributed by atoms with E-state index in [-0.39, 0.29) is 12.0 Å². The fourth-order valence-electron chi connectivity index (χ4n) is 3.93. The first-order chi connectivity index (χ1) is 13.1. The average Bonchev–Trinajstić information content (AvgIpc) is 3.11. The molecule has 2 heterocycles. The van der Waals surface area contributed by atoms with E-state index in [1.807, 2.05) is 25.1 Å². The minimum atomic E-state index is -0.623. The van der Waals surface area contributed by atoms with Crippen molar-refractivity contribution in [2.75, 3.05) is 19.8 Å². The van der Waals surface area contributed by atoms with E-state index in [1.54, 1.807) is 0 Å². The van der Waals surface area contributed by atoms with Gasteiger partial charge in [0.25, 0.3) is 0 Å². The Balaban J connectivity index is 1.67. The Labute approximate surface area is 162 Å². The highest BCUT2D eigenvalue weighted by molar-refractivity contribution is 5.52. The molecule has 3 unspecified atom stereocenters. The molecular weight excluding hydrogens is 344 g/mol. The number of aldehydes is 1. The van der Waals surface area contributed by atoms with E-state index < -0.39 is 11.4 Å². The Bertz CT molecular complexity index is 584. The second kappa shape index (κ2) is 9.28. The third kappa shape index (κ3) is 5.38. The first kappa shape index (κ1) is 20.5. The Morgan fingerprint density at radius 1 is 1.22 bits per heavy atom. The van der Waals surface area contributed by atoms with Crippen LogP contribution in [0.1, 0.15) is 51.5 Å². The molecule has 0 saturated carbocycles. The van der Waals surface area contributed by atoms with Crippen molar-refractivity contribution < 1.29 is 23.7 Å². The highest BCUT2D eigenvalue weighted by Crippen LogP contribution is 2.38. The van der Waals surface area contributed by atoms with Gasteiger partial charge in [0.1, 0.15) is 12.9 Å². The lowest BCUT2D eigenvalue weighted by atomic mass is 9.88. The van der Waals surface area contributed by atoms with E-state index in [0.29, 0.717) is 26.4 Å². The summed E-state index contributed by atoms with van der Waals surface area (Å²) in [6.07, 6.45) is 5.22. The number of benzene rings is 1. The van der Waals surface area contributed by atoms with Gasteiger partial charge in [-0.05, 0) is 38.2 Å². The van der Waals surface area contributed by atoms with Gasteiger partial charge in [-0.1, -0.05) is 37.3 Å². The molecule has 1 aromatic rings. The van der Waals surface area contributed by atoms with Gasteiger partial charge in [0.05, 0.1) is 31.5 Å². The van der Waals surface area contributed by atoms with Crippen LogP contribution in [0.3, 0.4) is 0 Å². The van der Waals surface area contributed by atoms with E-state index in [0.717, 1.165) is 44.0 Å². The van der Waals surface area contributed by atoms with Crippen molar-refractivity contribution in [2.24, 2.45) is 5.92 Å². The van der Waals surface area contributed by atoms with E-state index in [9.17, 15) is 4.79 Å². The summed E-state index contributed by atoms with van der Waals surface area (Å²) in [6, 6.07) is 10.2. The normalized spacial score (nSPS) is 28.7. The molecule has 27 heavy (non-hydrogen) atoms. The number of carbonyl (C=O) groups is 1. The molecule has 0 N–H and O–H groups in total. The minimum absolute atomic E-state index is 0.0450. The quantitative estimate of drug-likeness (QED) is 0.644. The monoisotopic (exact) mass is 376 g/mol. The second-order valence-electron chi connectivity index (χ2n) is 8.04. The first-order valence-electron chi connectivity index (χ1n) is 10.1. The smallest absolute Gasteiger partial charge is 0.192 e. The van der Waals surface area contributed by atoms with E-state index in [2.05, 4.69) is 19.1 Å². The summed E-state index contributed by atoms with van der Waals surface area (Å²) in [6.45, 7) is 6.31. The van der Waals surface area contributed by atoms with Crippen molar-refractivity contribution in [3.8, 4) is 0 Å². The number of hydrogen-bond donors (Lipinski definition) is 0. The molecule has 0 amide bonds. The Morgan fingerprint density at radius 2 is 1.96 bits per heavy atom. The molecule has 0 bridgehead atoms. The summed E-state index contributed by atoms with van der Waals surface area (Å²) in [5, 5.41) is 0. The van der Waals surface area contributed by atoms with Gasteiger partial charge in [0.15, 0.2) is 5.79 Å². The molecule has 1 aromatic carbocycles. The Kier molecular flexibility index (Phi) is 7.04. The molecule has 5 heteroatoms. The maximum Gasteiger partial charge on any atom is 0.192 e. The van der Waals surface area contributed by atoms with Crippen LogP contribution in [0, 0.1) is 5.92 Å². The molecule has 3 rings (SSSR count). The van der Waals surface area contributed by atoms with Crippen LogP contribution in [0.25, 0.3) is 0 Å². The summed E-state index contributed by atoms with van der Waals surface area (Å²) in [5.74, 6) is -0.543. The molecular formula is C22H32O5. The van der Waals surface area contributed by atoms with Crippen LogP contribution in [-0.2, 0) is 30.3 Å². The van der Waals surface area contributed by atoms with Gasteiger partial charge in [-0.25, -0.2) is 0 Å². The number of hydrogen-bond acceptors (Lipinski definition) is 5.